The Morgan fingerprint density at radius 3 is 2.38 bits per heavy atom. The molecule has 1 aromatic carbocycles. The topological polar surface area (TPSA) is 12.0 Å². The second-order valence-electron chi connectivity index (χ2n) is 5.98. The Morgan fingerprint density at radius 2 is 1.81 bits per heavy atom. The third kappa shape index (κ3) is 3.64. The van der Waals surface area contributed by atoms with E-state index in [1.54, 1.807) is 0 Å². The lowest BCUT2D eigenvalue weighted by molar-refractivity contribution is 0.337. The van der Waals surface area contributed by atoms with Crippen LogP contribution in [0, 0.1) is 12.3 Å². The molecule has 0 amide bonds. The lowest BCUT2D eigenvalue weighted by Gasteiger charge is -2.25. The zero-order valence-electron chi connectivity index (χ0n) is 10.7. The van der Waals surface area contributed by atoms with E-state index in [1.807, 2.05) is 0 Å². The van der Waals surface area contributed by atoms with Crippen LogP contribution in [0.5, 0.6) is 0 Å². The molecule has 88 valence electrons. The number of hydrogen-bond acceptors (Lipinski definition) is 1. The smallest absolute Gasteiger partial charge is 0.00684 e. The number of hydrogen-bond donors (Lipinski definition) is 1. The van der Waals surface area contributed by atoms with Gasteiger partial charge in [0.1, 0.15) is 0 Å². The van der Waals surface area contributed by atoms with E-state index in [2.05, 4.69) is 50.4 Å². The molecule has 16 heavy (non-hydrogen) atoms. The van der Waals surface area contributed by atoms with Crippen LogP contribution in [-0.4, -0.2) is 12.6 Å². The number of benzene rings is 1. The van der Waals surface area contributed by atoms with E-state index in [1.165, 1.54) is 24.0 Å². The molecule has 2 rings (SSSR count). The average molecular weight is 217 g/mol. The molecule has 0 spiro atoms. The van der Waals surface area contributed by atoms with Gasteiger partial charge in [-0.2, -0.15) is 0 Å². The zero-order chi connectivity index (χ0) is 11.6. The van der Waals surface area contributed by atoms with Gasteiger partial charge in [0.2, 0.25) is 0 Å². The predicted molar refractivity (Wildman–Crippen MR) is 69.7 cm³/mol. The third-order valence-electron chi connectivity index (χ3n) is 3.25. The highest BCUT2D eigenvalue weighted by Crippen LogP contribution is 2.24. The number of rotatable bonds is 5. The fourth-order valence-corrected chi connectivity index (χ4v) is 2.03. The standard InChI is InChI=1S/C15H23N/c1-12-4-6-13(7-5-12)10-15(2,3)11-16-14-8-9-14/h4-7,14,16H,8-11H2,1-3H3. The van der Waals surface area contributed by atoms with Gasteiger partial charge in [0.25, 0.3) is 0 Å². The molecule has 0 heterocycles. The zero-order valence-corrected chi connectivity index (χ0v) is 10.7. The molecule has 0 saturated heterocycles. The lowest BCUT2D eigenvalue weighted by Crippen LogP contribution is -2.32. The molecule has 1 aliphatic carbocycles. The molecule has 1 aliphatic rings. The monoisotopic (exact) mass is 217 g/mol. The quantitative estimate of drug-likeness (QED) is 0.798. The summed E-state index contributed by atoms with van der Waals surface area (Å²) in [6.07, 6.45) is 3.91. The maximum Gasteiger partial charge on any atom is 0.00684 e. The first kappa shape index (κ1) is 11.7. The van der Waals surface area contributed by atoms with Crippen LogP contribution in [0.3, 0.4) is 0 Å². The van der Waals surface area contributed by atoms with Gasteiger partial charge in [-0.05, 0) is 37.2 Å². The highest BCUT2D eigenvalue weighted by molar-refractivity contribution is 5.22. The van der Waals surface area contributed by atoms with Gasteiger partial charge in [0.05, 0.1) is 0 Å². The Labute approximate surface area is 99.3 Å². The van der Waals surface area contributed by atoms with Crippen molar-refractivity contribution in [2.75, 3.05) is 6.54 Å². The number of nitrogens with one attached hydrogen (secondary N) is 1. The van der Waals surface area contributed by atoms with E-state index >= 15 is 0 Å². The summed E-state index contributed by atoms with van der Waals surface area (Å²) in [6.45, 7) is 7.97. The second-order valence-corrected chi connectivity index (χ2v) is 5.98. The molecule has 0 unspecified atom stereocenters. The lowest BCUT2D eigenvalue weighted by atomic mass is 9.85. The van der Waals surface area contributed by atoms with Crippen molar-refractivity contribution >= 4 is 0 Å². The molecule has 1 heteroatoms. The van der Waals surface area contributed by atoms with Crippen molar-refractivity contribution in [1.29, 1.82) is 0 Å². The molecule has 0 atom stereocenters. The van der Waals surface area contributed by atoms with Crippen LogP contribution in [0.1, 0.15) is 37.8 Å². The Morgan fingerprint density at radius 1 is 1.19 bits per heavy atom. The maximum absolute atomic E-state index is 3.63. The maximum atomic E-state index is 3.63. The largest absolute Gasteiger partial charge is 0.313 e. The van der Waals surface area contributed by atoms with Crippen molar-refractivity contribution in [2.45, 2.75) is 46.1 Å². The summed E-state index contributed by atoms with van der Waals surface area (Å²) in [5, 5.41) is 3.63. The van der Waals surface area contributed by atoms with Gasteiger partial charge in [0, 0.05) is 12.6 Å². The van der Waals surface area contributed by atoms with E-state index in [-0.39, 0.29) is 0 Å². The van der Waals surface area contributed by atoms with Gasteiger partial charge in [-0.1, -0.05) is 43.7 Å². The van der Waals surface area contributed by atoms with Crippen molar-refractivity contribution in [2.24, 2.45) is 5.41 Å². The summed E-state index contributed by atoms with van der Waals surface area (Å²) in [7, 11) is 0. The van der Waals surface area contributed by atoms with Crippen LogP contribution in [0.25, 0.3) is 0 Å². The minimum absolute atomic E-state index is 0.359. The SMILES string of the molecule is Cc1ccc(CC(C)(C)CNC2CC2)cc1. The van der Waals surface area contributed by atoms with Gasteiger partial charge in [-0.15, -0.1) is 0 Å². The van der Waals surface area contributed by atoms with Gasteiger partial charge in [-0.25, -0.2) is 0 Å². The normalized spacial score (nSPS) is 16.4. The van der Waals surface area contributed by atoms with Crippen molar-refractivity contribution in [1.82, 2.24) is 5.32 Å². The summed E-state index contributed by atoms with van der Waals surface area (Å²) in [5.74, 6) is 0. The Hall–Kier alpha value is -0.820. The first-order valence-corrected chi connectivity index (χ1v) is 6.34. The van der Waals surface area contributed by atoms with E-state index in [0.717, 1.165) is 19.0 Å². The summed E-state index contributed by atoms with van der Waals surface area (Å²) >= 11 is 0. The van der Waals surface area contributed by atoms with Crippen LogP contribution >= 0.6 is 0 Å². The van der Waals surface area contributed by atoms with Crippen LogP contribution < -0.4 is 5.32 Å². The highest BCUT2D eigenvalue weighted by atomic mass is 15.0. The van der Waals surface area contributed by atoms with E-state index in [4.69, 9.17) is 0 Å². The molecular formula is C15H23N. The minimum atomic E-state index is 0.359. The van der Waals surface area contributed by atoms with Gasteiger partial charge in [-0.3, -0.25) is 0 Å². The van der Waals surface area contributed by atoms with Gasteiger partial charge in [0.15, 0.2) is 0 Å². The van der Waals surface area contributed by atoms with Crippen molar-refractivity contribution in [3.8, 4) is 0 Å². The molecule has 0 bridgehead atoms. The number of aryl methyl sites for hydroxylation is 1. The van der Waals surface area contributed by atoms with Crippen molar-refractivity contribution in [3.05, 3.63) is 35.4 Å². The van der Waals surface area contributed by atoms with Crippen LogP contribution in [0.15, 0.2) is 24.3 Å². The fourth-order valence-electron chi connectivity index (χ4n) is 2.03. The Balaban J connectivity index is 1.87. The Bertz CT molecular complexity index is 333. The molecule has 1 fully saturated rings. The summed E-state index contributed by atoms with van der Waals surface area (Å²) in [6, 6.07) is 9.75. The first-order valence-electron chi connectivity index (χ1n) is 6.34. The molecular weight excluding hydrogens is 194 g/mol. The minimum Gasteiger partial charge on any atom is -0.313 e. The molecule has 0 radical (unpaired) electrons. The molecule has 1 saturated carbocycles. The molecule has 1 N–H and O–H groups in total. The highest BCUT2D eigenvalue weighted by Gasteiger charge is 2.25. The first-order chi connectivity index (χ1) is 7.55. The van der Waals surface area contributed by atoms with E-state index in [0.29, 0.717) is 5.41 Å². The molecule has 1 aromatic rings. The fraction of sp³-hybridized carbons (Fsp3) is 0.600. The molecule has 1 nitrogen and oxygen atoms in total. The van der Waals surface area contributed by atoms with E-state index in [9.17, 15) is 0 Å². The average Bonchev–Trinajstić information content (AvgIpc) is 3.02. The van der Waals surface area contributed by atoms with Gasteiger partial charge >= 0.3 is 0 Å². The van der Waals surface area contributed by atoms with Crippen LogP contribution in [-0.2, 0) is 6.42 Å². The summed E-state index contributed by atoms with van der Waals surface area (Å²) in [4.78, 5) is 0. The van der Waals surface area contributed by atoms with Gasteiger partial charge < -0.3 is 5.32 Å². The van der Waals surface area contributed by atoms with Crippen LogP contribution in [0.4, 0.5) is 0 Å². The Kier molecular flexibility index (Phi) is 3.34. The summed E-state index contributed by atoms with van der Waals surface area (Å²) < 4.78 is 0. The molecule has 0 aromatic heterocycles. The third-order valence-corrected chi connectivity index (χ3v) is 3.25. The second kappa shape index (κ2) is 4.58. The van der Waals surface area contributed by atoms with Crippen molar-refractivity contribution < 1.29 is 0 Å². The molecule has 0 aliphatic heterocycles. The van der Waals surface area contributed by atoms with Crippen molar-refractivity contribution in [3.63, 3.8) is 0 Å². The predicted octanol–water partition coefficient (Wildman–Crippen LogP) is 3.32. The summed E-state index contributed by atoms with van der Waals surface area (Å²) in [5.41, 5.74) is 3.16. The van der Waals surface area contributed by atoms with E-state index < -0.39 is 0 Å². The van der Waals surface area contributed by atoms with Crippen LogP contribution in [0.2, 0.25) is 0 Å².